The average Bonchev–Trinajstić information content (AvgIpc) is 2.04. The molecule has 1 aromatic rings. The molecule has 0 aromatic heterocycles. The van der Waals surface area contributed by atoms with Crippen molar-refractivity contribution < 1.29 is 8.42 Å². The number of aryl methyl sites for hydroxylation is 1. The van der Waals surface area contributed by atoms with Gasteiger partial charge >= 0.3 is 0 Å². The van der Waals surface area contributed by atoms with Gasteiger partial charge in [-0.25, -0.2) is 13.9 Å². The summed E-state index contributed by atoms with van der Waals surface area (Å²) in [7, 11) is -3.39. The molecular weight excluding hydrogens is 188 g/mol. The summed E-state index contributed by atoms with van der Waals surface area (Å²) in [5.74, 6) is -0.476. The molecule has 1 N–H and O–H groups in total. The molecular formula is C8H10N2O2S. The highest BCUT2D eigenvalue weighted by Gasteiger charge is 2.12. The van der Waals surface area contributed by atoms with Crippen molar-refractivity contribution in [3.05, 3.63) is 29.8 Å². The molecule has 0 amide bonds. The second kappa shape index (κ2) is 3.66. The molecule has 4 nitrogen and oxygen atoms in total. The normalized spacial score (nSPS) is 11.2. The van der Waals surface area contributed by atoms with Crippen LogP contribution in [-0.2, 0) is 9.84 Å². The molecule has 0 aliphatic carbocycles. The van der Waals surface area contributed by atoms with Crippen molar-refractivity contribution in [2.75, 3.05) is 5.88 Å². The number of sulfone groups is 1. The molecule has 13 heavy (non-hydrogen) atoms. The van der Waals surface area contributed by atoms with Crippen LogP contribution in [0.5, 0.6) is 0 Å². The van der Waals surface area contributed by atoms with E-state index in [0.29, 0.717) is 0 Å². The standard InChI is InChI=1S/C8H10N2O2S/c1-7-3-2-4-8(5-7)13(11,12)6-10-9/h2-5,9H,6H2,1H3. The summed E-state index contributed by atoms with van der Waals surface area (Å²) >= 11 is 0. The Morgan fingerprint density at radius 3 is 2.69 bits per heavy atom. The molecule has 0 fully saturated rings. The maximum Gasteiger partial charge on any atom is 0.200 e. The first-order valence-electron chi connectivity index (χ1n) is 3.69. The van der Waals surface area contributed by atoms with Crippen molar-refractivity contribution in [2.45, 2.75) is 11.8 Å². The molecule has 70 valence electrons. The van der Waals surface area contributed by atoms with Gasteiger partial charge in [0.2, 0.25) is 0 Å². The van der Waals surface area contributed by atoms with Crippen LogP contribution >= 0.6 is 0 Å². The van der Waals surface area contributed by atoms with Gasteiger partial charge in [0.1, 0.15) is 0 Å². The molecule has 0 heterocycles. The Bertz CT molecular complexity index is 412. The van der Waals surface area contributed by atoms with Crippen LogP contribution in [-0.4, -0.2) is 14.3 Å². The number of rotatable bonds is 3. The molecule has 5 heteroatoms. The molecule has 0 radical (unpaired) electrons. The highest BCUT2D eigenvalue weighted by Crippen LogP contribution is 2.12. The summed E-state index contributed by atoms with van der Waals surface area (Å²) in [6.45, 7) is 1.82. The third kappa shape index (κ3) is 2.35. The van der Waals surface area contributed by atoms with Gasteiger partial charge in [0.05, 0.1) is 4.90 Å². The van der Waals surface area contributed by atoms with Crippen molar-refractivity contribution in [3.63, 3.8) is 0 Å². The molecule has 1 aromatic carbocycles. The lowest BCUT2D eigenvalue weighted by Crippen LogP contribution is -2.04. The number of hydrogen-bond donors (Lipinski definition) is 1. The fourth-order valence-electron chi connectivity index (χ4n) is 0.968. The van der Waals surface area contributed by atoms with Crippen molar-refractivity contribution in [3.8, 4) is 0 Å². The van der Waals surface area contributed by atoms with E-state index in [0.717, 1.165) is 5.56 Å². The largest absolute Gasteiger partial charge is 0.222 e. The Morgan fingerprint density at radius 1 is 1.46 bits per heavy atom. The number of benzene rings is 1. The van der Waals surface area contributed by atoms with E-state index in [-0.39, 0.29) is 4.90 Å². The quantitative estimate of drug-likeness (QED) is 0.752. The second-order valence-electron chi connectivity index (χ2n) is 2.72. The first-order chi connectivity index (χ1) is 6.06. The zero-order chi connectivity index (χ0) is 9.90. The Balaban J connectivity index is 3.15. The summed E-state index contributed by atoms with van der Waals surface area (Å²) in [6, 6.07) is 6.57. The highest BCUT2D eigenvalue weighted by molar-refractivity contribution is 7.91. The van der Waals surface area contributed by atoms with Crippen LogP contribution in [0.4, 0.5) is 0 Å². The van der Waals surface area contributed by atoms with Crippen LogP contribution in [0.2, 0.25) is 0 Å². The number of hydrogen-bond acceptors (Lipinski definition) is 4. The maximum atomic E-state index is 11.4. The first-order valence-corrected chi connectivity index (χ1v) is 5.34. The van der Waals surface area contributed by atoms with E-state index in [2.05, 4.69) is 5.11 Å². The van der Waals surface area contributed by atoms with Crippen molar-refractivity contribution >= 4 is 9.84 Å². The predicted molar refractivity (Wildman–Crippen MR) is 48.4 cm³/mol. The molecule has 1 rings (SSSR count). The van der Waals surface area contributed by atoms with Gasteiger partial charge in [0.15, 0.2) is 15.7 Å². The Labute approximate surface area is 77.0 Å². The van der Waals surface area contributed by atoms with E-state index in [1.165, 1.54) is 6.07 Å². The molecule has 0 atom stereocenters. The van der Waals surface area contributed by atoms with E-state index in [1.807, 2.05) is 13.0 Å². The van der Waals surface area contributed by atoms with E-state index in [4.69, 9.17) is 5.53 Å². The summed E-state index contributed by atoms with van der Waals surface area (Å²) in [5.41, 5.74) is 7.39. The SMILES string of the molecule is Cc1cccc(S(=O)(=O)CN=N)c1. The zero-order valence-corrected chi connectivity index (χ0v) is 8.00. The lowest BCUT2D eigenvalue weighted by molar-refractivity contribution is 0.595. The molecule has 0 aliphatic rings. The summed E-state index contributed by atoms with van der Waals surface area (Å²) < 4.78 is 22.7. The topological polar surface area (TPSA) is 70.3 Å². The van der Waals surface area contributed by atoms with Crippen LogP contribution in [0.15, 0.2) is 34.3 Å². The van der Waals surface area contributed by atoms with Crippen LogP contribution in [0.25, 0.3) is 0 Å². The molecule has 0 bridgehead atoms. The summed E-state index contributed by atoms with van der Waals surface area (Å²) in [5, 5.41) is 2.88. The van der Waals surface area contributed by atoms with Gasteiger partial charge in [-0.15, -0.1) is 0 Å². The van der Waals surface area contributed by atoms with Gasteiger partial charge < -0.3 is 0 Å². The van der Waals surface area contributed by atoms with Crippen LogP contribution in [0.1, 0.15) is 5.56 Å². The highest BCUT2D eigenvalue weighted by atomic mass is 32.2. The van der Waals surface area contributed by atoms with Crippen molar-refractivity contribution in [1.82, 2.24) is 0 Å². The fraction of sp³-hybridized carbons (Fsp3) is 0.250. The van der Waals surface area contributed by atoms with Gasteiger partial charge in [-0.05, 0) is 24.6 Å². The molecule has 0 saturated carbocycles. The van der Waals surface area contributed by atoms with E-state index in [1.54, 1.807) is 12.1 Å². The van der Waals surface area contributed by atoms with Crippen molar-refractivity contribution in [1.29, 1.82) is 5.53 Å². The number of nitrogens with one attached hydrogen (secondary N) is 1. The van der Waals surface area contributed by atoms with Gasteiger partial charge in [-0.1, -0.05) is 12.1 Å². The Kier molecular flexibility index (Phi) is 2.77. The number of nitrogens with zero attached hydrogens (tertiary/aromatic N) is 1. The Hall–Kier alpha value is -1.23. The molecule has 0 spiro atoms. The van der Waals surface area contributed by atoms with Gasteiger partial charge in [0, 0.05) is 0 Å². The predicted octanol–water partition coefficient (Wildman–Crippen LogP) is 1.76. The summed E-state index contributed by atoms with van der Waals surface area (Å²) in [4.78, 5) is 0.225. The zero-order valence-electron chi connectivity index (χ0n) is 7.19. The maximum absolute atomic E-state index is 11.4. The van der Waals surface area contributed by atoms with E-state index < -0.39 is 15.7 Å². The smallest absolute Gasteiger partial charge is 0.200 e. The average molecular weight is 198 g/mol. The minimum atomic E-state index is -3.39. The van der Waals surface area contributed by atoms with Gasteiger partial charge in [-0.2, -0.15) is 5.11 Å². The molecule has 0 unspecified atom stereocenters. The van der Waals surface area contributed by atoms with Gasteiger partial charge in [0.25, 0.3) is 0 Å². The van der Waals surface area contributed by atoms with E-state index in [9.17, 15) is 8.42 Å². The van der Waals surface area contributed by atoms with Crippen LogP contribution in [0.3, 0.4) is 0 Å². The fourth-order valence-corrected chi connectivity index (χ4v) is 1.94. The van der Waals surface area contributed by atoms with Gasteiger partial charge in [-0.3, -0.25) is 0 Å². The van der Waals surface area contributed by atoms with E-state index >= 15 is 0 Å². The third-order valence-corrected chi connectivity index (χ3v) is 3.02. The minimum absolute atomic E-state index is 0.225. The van der Waals surface area contributed by atoms with Crippen molar-refractivity contribution in [2.24, 2.45) is 5.11 Å². The van der Waals surface area contributed by atoms with Crippen LogP contribution in [0, 0.1) is 12.5 Å². The first kappa shape index (κ1) is 9.85. The lowest BCUT2D eigenvalue weighted by atomic mass is 10.2. The van der Waals surface area contributed by atoms with Crippen LogP contribution < -0.4 is 0 Å². The summed E-state index contributed by atoms with van der Waals surface area (Å²) in [6.07, 6.45) is 0. The lowest BCUT2D eigenvalue weighted by Gasteiger charge is -2.00. The third-order valence-electron chi connectivity index (χ3n) is 1.58. The minimum Gasteiger partial charge on any atom is -0.222 e. The monoisotopic (exact) mass is 198 g/mol. The molecule has 0 saturated heterocycles. The Morgan fingerprint density at radius 2 is 2.15 bits per heavy atom. The second-order valence-corrected chi connectivity index (χ2v) is 4.68. The molecule has 0 aliphatic heterocycles.